The van der Waals surface area contributed by atoms with Gasteiger partial charge in [-0.05, 0) is 19.1 Å². The predicted octanol–water partition coefficient (Wildman–Crippen LogP) is 2.03. The third-order valence-corrected chi connectivity index (χ3v) is 2.40. The number of carbonyl (C=O) groups is 3. The van der Waals surface area contributed by atoms with Gasteiger partial charge in [0.1, 0.15) is 0 Å². The lowest BCUT2D eigenvalue weighted by molar-refractivity contribution is -0.150. The van der Waals surface area contributed by atoms with Crippen LogP contribution in [0, 0.1) is 5.92 Å². The maximum atomic E-state index is 11.6. The number of rotatable bonds is 5. The fourth-order valence-electron chi connectivity index (χ4n) is 1.39. The van der Waals surface area contributed by atoms with Crippen LogP contribution in [0.25, 0.3) is 0 Å². The Morgan fingerprint density at radius 3 is 2.42 bits per heavy atom. The second kappa shape index (κ2) is 6.68. The summed E-state index contributed by atoms with van der Waals surface area (Å²) in [5.74, 6) is -1.33. The van der Waals surface area contributed by atoms with Gasteiger partial charge < -0.3 is 10.1 Å². The zero-order chi connectivity index (χ0) is 14.4. The number of para-hydroxylation sites is 1. The van der Waals surface area contributed by atoms with Crippen LogP contribution < -0.4 is 5.32 Å². The van der Waals surface area contributed by atoms with Crippen LogP contribution in [0.3, 0.4) is 0 Å². The van der Waals surface area contributed by atoms with Crippen molar-refractivity contribution in [2.45, 2.75) is 20.8 Å². The Balaban J connectivity index is 2.63. The Hall–Kier alpha value is -2.17. The smallest absolute Gasteiger partial charge is 0.308 e. The predicted molar refractivity (Wildman–Crippen MR) is 70.9 cm³/mol. The summed E-state index contributed by atoms with van der Waals surface area (Å²) in [6.45, 7) is 4.43. The van der Waals surface area contributed by atoms with Crippen LogP contribution in [-0.2, 0) is 14.3 Å². The molecule has 1 rings (SSSR count). The van der Waals surface area contributed by atoms with Crippen molar-refractivity contribution in [1.29, 1.82) is 0 Å². The molecule has 0 aliphatic carbocycles. The molecular weight excluding hydrogens is 246 g/mol. The maximum absolute atomic E-state index is 11.6. The van der Waals surface area contributed by atoms with Crippen LogP contribution in [0.5, 0.6) is 0 Å². The van der Waals surface area contributed by atoms with E-state index in [-0.39, 0.29) is 18.3 Å². The van der Waals surface area contributed by atoms with E-state index in [0.29, 0.717) is 11.3 Å². The van der Waals surface area contributed by atoms with Crippen molar-refractivity contribution < 1.29 is 19.1 Å². The van der Waals surface area contributed by atoms with Gasteiger partial charge in [0, 0.05) is 5.56 Å². The lowest BCUT2D eigenvalue weighted by atomic mass is 10.1. The number of esters is 1. The van der Waals surface area contributed by atoms with Crippen LogP contribution in [0.4, 0.5) is 5.69 Å². The molecule has 0 spiro atoms. The van der Waals surface area contributed by atoms with Crippen molar-refractivity contribution in [3.63, 3.8) is 0 Å². The van der Waals surface area contributed by atoms with E-state index in [1.54, 1.807) is 38.1 Å². The fraction of sp³-hybridized carbons (Fsp3) is 0.357. The van der Waals surface area contributed by atoms with Crippen molar-refractivity contribution in [2.24, 2.45) is 5.92 Å². The molecule has 5 nitrogen and oxygen atoms in total. The minimum absolute atomic E-state index is 0.143. The SMILES string of the molecule is CC(=O)c1ccccc1NC(=O)COC(=O)C(C)C. The summed E-state index contributed by atoms with van der Waals surface area (Å²) in [5.41, 5.74) is 0.839. The van der Waals surface area contributed by atoms with Gasteiger partial charge in [0.2, 0.25) is 0 Å². The van der Waals surface area contributed by atoms with Crippen LogP contribution in [0.2, 0.25) is 0 Å². The number of hydrogen-bond acceptors (Lipinski definition) is 4. The van der Waals surface area contributed by atoms with Crippen LogP contribution in [-0.4, -0.2) is 24.3 Å². The zero-order valence-electron chi connectivity index (χ0n) is 11.2. The van der Waals surface area contributed by atoms with Gasteiger partial charge in [-0.1, -0.05) is 26.0 Å². The van der Waals surface area contributed by atoms with E-state index in [2.05, 4.69) is 5.32 Å². The summed E-state index contributed by atoms with van der Waals surface area (Å²) in [5, 5.41) is 2.55. The van der Waals surface area contributed by atoms with Crippen LogP contribution in [0.1, 0.15) is 31.1 Å². The monoisotopic (exact) mass is 263 g/mol. The lowest BCUT2D eigenvalue weighted by Gasteiger charge is -2.10. The van der Waals surface area contributed by atoms with Gasteiger partial charge in [0.15, 0.2) is 12.4 Å². The summed E-state index contributed by atoms with van der Waals surface area (Å²) in [7, 11) is 0. The Morgan fingerprint density at radius 1 is 1.21 bits per heavy atom. The number of carbonyl (C=O) groups excluding carboxylic acids is 3. The summed E-state index contributed by atoms with van der Waals surface area (Å²) in [6.07, 6.45) is 0. The Kier molecular flexibility index (Phi) is 5.23. The van der Waals surface area contributed by atoms with Gasteiger partial charge in [-0.2, -0.15) is 0 Å². The van der Waals surface area contributed by atoms with Crippen molar-refractivity contribution in [2.75, 3.05) is 11.9 Å². The number of Topliss-reactive ketones (excluding diaryl/α,β-unsaturated/α-hetero) is 1. The van der Waals surface area contributed by atoms with Crippen molar-refractivity contribution in [3.05, 3.63) is 29.8 Å². The van der Waals surface area contributed by atoms with Gasteiger partial charge in [-0.15, -0.1) is 0 Å². The third kappa shape index (κ3) is 4.54. The first-order valence-electron chi connectivity index (χ1n) is 5.98. The molecule has 0 unspecified atom stereocenters. The molecule has 0 aromatic heterocycles. The molecule has 1 aromatic carbocycles. The topological polar surface area (TPSA) is 72.5 Å². The Morgan fingerprint density at radius 2 is 1.84 bits per heavy atom. The highest BCUT2D eigenvalue weighted by atomic mass is 16.5. The number of hydrogen-bond donors (Lipinski definition) is 1. The van der Waals surface area contributed by atoms with Gasteiger partial charge in [0.05, 0.1) is 11.6 Å². The molecule has 19 heavy (non-hydrogen) atoms. The standard InChI is InChI=1S/C14H17NO4/c1-9(2)14(18)19-8-13(17)15-12-7-5-4-6-11(12)10(3)16/h4-7,9H,8H2,1-3H3,(H,15,17). The molecular formula is C14H17NO4. The summed E-state index contributed by atoms with van der Waals surface area (Å²) in [4.78, 5) is 34.2. The van der Waals surface area contributed by atoms with Gasteiger partial charge in [-0.25, -0.2) is 0 Å². The molecule has 102 valence electrons. The van der Waals surface area contributed by atoms with Crippen molar-refractivity contribution in [3.8, 4) is 0 Å². The van der Waals surface area contributed by atoms with Crippen molar-refractivity contribution >= 4 is 23.3 Å². The van der Waals surface area contributed by atoms with E-state index >= 15 is 0 Å². The van der Waals surface area contributed by atoms with Gasteiger partial charge in [-0.3, -0.25) is 14.4 Å². The van der Waals surface area contributed by atoms with E-state index in [1.807, 2.05) is 0 Å². The average molecular weight is 263 g/mol. The third-order valence-electron chi connectivity index (χ3n) is 2.40. The molecule has 1 amide bonds. The number of nitrogens with one attached hydrogen (secondary N) is 1. The van der Waals surface area contributed by atoms with E-state index < -0.39 is 11.9 Å². The quantitative estimate of drug-likeness (QED) is 0.651. The molecule has 0 fully saturated rings. The minimum Gasteiger partial charge on any atom is -0.455 e. The molecule has 0 radical (unpaired) electrons. The number of ketones is 1. The molecule has 5 heteroatoms. The molecule has 0 saturated heterocycles. The number of ether oxygens (including phenoxy) is 1. The largest absolute Gasteiger partial charge is 0.455 e. The highest BCUT2D eigenvalue weighted by Crippen LogP contribution is 2.15. The van der Waals surface area contributed by atoms with E-state index in [4.69, 9.17) is 4.74 Å². The minimum atomic E-state index is -0.470. The second-order valence-electron chi connectivity index (χ2n) is 4.41. The number of amides is 1. The first kappa shape index (κ1) is 14.9. The van der Waals surface area contributed by atoms with Crippen molar-refractivity contribution in [1.82, 2.24) is 0 Å². The molecule has 0 aliphatic rings. The summed E-state index contributed by atoms with van der Waals surface area (Å²) < 4.78 is 4.80. The first-order chi connectivity index (χ1) is 8.91. The molecule has 0 aliphatic heterocycles. The van der Waals surface area contributed by atoms with Gasteiger partial charge in [0.25, 0.3) is 5.91 Å². The lowest BCUT2D eigenvalue weighted by Crippen LogP contribution is -2.23. The second-order valence-corrected chi connectivity index (χ2v) is 4.41. The Labute approximate surface area is 111 Å². The van der Waals surface area contributed by atoms with E-state index in [0.717, 1.165) is 0 Å². The highest BCUT2D eigenvalue weighted by Gasteiger charge is 2.13. The Bertz CT molecular complexity index is 494. The first-order valence-corrected chi connectivity index (χ1v) is 5.98. The van der Waals surface area contributed by atoms with E-state index in [1.165, 1.54) is 6.92 Å². The maximum Gasteiger partial charge on any atom is 0.308 e. The molecule has 0 bridgehead atoms. The zero-order valence-corrected chi connectivity index (χ0v) is 11.2. The number of anilines is 1. The summed E-state index contributed by atoms with van der Waals surface area (Å²) >= 11 is 0. The average Bonchev–Trinajstić information content (AvgIpc) is 2.36. The van der Waals surface area contributed by atoms with Gasteiger partial charge >= 0.3 is 5.97 Å². The molecule has 0 heterocycles. The molecule has 1 N–H and O–H groups in total. The summed E-state index contributed by atoms with van der Waals surface area (Å²) in [6, 6.07) is 6.67. The molecule has 0 atom stereocenters. The molecule has 1 aromatic rings. The van der Waals surface area contributed by atoms with E-state index in [9.17, 15) is 14.4 Å². The fourth-order valence-corrected chi connectivity index (χ4v) is 1.39. The van der Waals surface area contributed by atoms with Crippen LogP contribution >= 0.6 is 0 Å². The number of benzene rings is 1. The molecule has 0 saturated carbocycles. The van der Waals surface area contributed by atoms with Crippen LogP contribution in [0.15, 0.2) is 24.3 Å². The normalized spacial score (nSPS) is 10.1. The highest BCUT2D eigenvalue weighted by molar-refractivity contribution is 6.04.